The van der Waals surface area contributed by atoms with Crippen LogP contribution in [0.25, 0.3) is 0 Å². The van der Waals surface area contributed by atoms with Crippen molar-refractivity contribution < 1.29 is 0 Å². The zero-order valence-corrected chi connectivity index (χ0v) is 9.30. The van der Waals surface area contributed by atoms with Crippen molar-refractivity contribution in [2.75, 3.05) is 5.75 Å². The first-order valence-corrected chi connectivity index (χ1v) is 5.83. The van der Waals surface area contributed by atoms with Gasteiger partial charge in [0, 0.05) is 0 Å². The van der Waals surface area contributed by atoms with Crippen LogP contribution in [0, 0.1) is 23.7 Å². The van der Waals surface area contributed by atoms with E-state index in [1.807, 2.05) is 0 Å². The van der Waals surface area contributed by atoms with Gasteiger partial charge in [0.25, 0.3) is 0 Å². The van der Waals surface area contributed by atoms with E-state index >= 15 is 0 Å². The number of rotatable bonds is 1. The van der Waals surface area contributed by atoms with E-state index in [1.54, 1.807) is 0 Å². The summed E-state index contributed by atoms with van der Waals surface area (Å²) >= 11 is 4.45. The van der Waals surface area contributed by atoms with Gasteiger partial charge < -0.3 is 0 Å². The molecular formula is C12H18S. The predicted molar refractivity (Wildman–Crippen MR) is 61.0 cm³/mol. The first kappa shape index (κ1) is 9.39. The van der Waals surface area contributed by atoms with Crippen LogP contribution >= 0.6 is 12.6 Å². The summed E-state index contributed by atoms with van der Waals surface area (Å²) in [5.74, 6) is 4.27. The monoisotopic (exact) mass is 194 g/mol. The summed E-state index contributed by atoms with van der Waals surface area (Å²) in [6.45, 7) is 4.57. The molecule has 0 saturated heterocycles. The van der Waals surface area contributed by atoms with Crippen molar-refractivity contribution in [2.45, 2.75) is 20.3 Å². The third-order valence-electron chi connectivity index (χ3n) is 3.59. The molecule has 2 rings (SSSR count). The Morgan fingerprint density at radius 2 is 2.23 bits per heavy atom. The molecule has 0 aromatic heterocycles. The van der Waals surface area contributed by atoms with Gasteiger partial charge in [-0.25, -0.2) is 0 Å². The third kappa shape index (κ3) is 1.59. The van der Waals surface area contributed by atoms with Crippen molar-refractivity contribution in [3.63, 3.8) is 0 Å². The average molecular weight is 194 g/mol. The summed E-state index contributed by atoms with van der Waals surface area (Å²) in [5.41, 5.74) is 1.43. The van der Waals surface area contributed by atoms with E-state index in [4.69, 9.17) is 0 Å². The quantitative estimate of drug-likeness (QED) is 0.608. The summed E-state index contributed by atoms with van der Waals surface area (Å²) in [4.78, 5) is 0. The first-order valence-electron chi connectivity index (χ1n) is 5.20. The number of allylic oxidation sites excluding steroid dienone is 4. The molecule has 0 aliphatic heterocycles. The molecule has 72 valence electrons. The van der Waals surface area contributed by atoms with E-state index in [-0.39, 0.29) is 0 Å². The van der Waals surface area contributed by atoms with E-state index < -0.39 is 0 Å². The minimum atomic E-state index is 0.775. The van der Waals surface area contributed by atoms with Crippen molar-refractivity contribution in [2.24, 2.45) is 23.7 Å². The molecule has 1 saturated carbocycles. The van der Waals surface area contributed by atoms with Gasteiger partial charge in [0.05, 0.1) is 0 Å². The summed E-state index contributed by atoms with van der Waals surface area (Å²) in [6, 6.07) is 0. The minimum Gasteiger partial charge on any atom is -0.179 e. The van der Waals surface area contributed by atoms with Crippen molar-refractivity contribution >= 4 is 12.6 Å². The zero-order valence-electron chi connectivity index (χ0n) is 8.40. The fraction of sp³-hybridized carbons (Fsp3) is 0.667. The van der Waals surface area contributed by atoms with Crippen LogP contribution in [0.5, 0.6) is 0 Å². The molecule has 0 N–H and O–H groups in total. The number of fused-ring (bicyclic) bond motifs is 1. The van der Waals surface area contributed by atoms with Gasteiger partial charge in [0.2, 0.25) is 0 Å². The van der Waals surface area contributed by atoms with Crippen LogP contribution in [0.15, 0.2) is 23.8 Å². The Balaban J connectivity index is 2.22. The van der Waals surface area contributed by atoms with Gasteiger partial charge in [-0.1, -0.05) is 30.7 Å². The van der Waals surface area contributed by atoms with Crippen molar-refractivity contribution in [3.05, 3.63) is 23.8 Å². The van der Waals surface area contributed by atoms with E-state index in [1.165, 1.54) is 12.0 Å². The molecule has 4 unspecified atom stereocenters. The van der Waals surface area contributed by atoms with Crippen molar-refractivity contribution in [1.29, 1.82) is 0 Å². The van der Waals surface area contributed by atoms with Crippen molar-refractivity contribution in [1.82, 2.24) is 0 Å². The van der Waals surface area contributed by atoms with Gasteiger partial charge >= 0.3 is 0 Å². The van der Waals surface area contributed by atoms with E-state index in [9.17, 15) is 0 Å². The van der Waals surface area contributed by atoms with Crippen LogP contribution < -0.4 is 0 Å². The maximum Gasteiger partial charge on any atom is -0.00636 e. The highest BCUT2D eigenvalue weighted by Crippen LogP contribution is 2.45. The highest BCUT2D eigenvalue weighted by Gasteiger charge is 2.38. The molecular weight excluding hydrogens is 176 g/mol. The Labute approximate surface area is 86.5 Å². The summed E-state index contributed by atoms with van der Waals surface area (Å²) < 4.78 is 0. The number of hydrogen-bond donors (Lipinski definition) is 1. The minimum absolute atomic E-state index is 0.775. The predicted octanol–water partition coefficient (Wildman–Crippen LogP) is 3.32. The maximum atomic E-state index is 4.45. The molecule has 0 heterocycles. The standard InChI is InChI=1S/C12H18S/c1-8-3-4-11-9(2)6-10(7-13)12(11)5-8/h3-5,9-13H,6-7H2,1-2H3. The summed E-state index contributed by atoms with van der Waals surface area (Å²) in [6.07, 6.45) is 8.49. The maximum absolute atomic E-state index is 4.45. The largest absolute Gasteiger partial charge is 0.179 e. The van der Waals surface area contributed by atoms with Crippen molar-refractivity contribution in [3.8, 4) is 0 Å². The molecule has 0 aromatic rings. The van der Waals surface area contributed by atoms with Gasteiger partial charge in [-0.05, 0) is 42.8 Å². The van der Waals surface area contributed by atoms with Crippen LogP contribution in [0.4, 0.5) is 0 Å². The Morgan fingerprint density at radius 1 is 1.46 bits per heavy atom. The fourth-order valence-electron chi connectivity index (χ4n) is 2.87. The molecule has 2 aliphatic carbocycles. The van der Waals surface area contributed by atoms with Crippen LogP contribution in [-0.4, -0.2) is 5.75 Å². The highest BCUT2D eigenvalue weighted by molar-refractivity contribution is 7.80. The molecule has 0 amide bonds. The molecule has 0 radical (unpaired) electrons. The van der Waals surface area contributed by atoms with E-state index in [0.29, 0.717) is 0 Å². The van der Waals surface area contributed by atoms with Gasteiger partial charge in [-0.2, -0.15) is 12.6 Å². The molecule has 13 heavy (non-hydrogen) atoms. The molecule has 4 atom stereocenters. The van der Waals surface area contributed by atoms with Crippen LogP contribution in [0.3, 0.4) is 0 Å². The molecule has 0 spiro atoms. The summed E-state index contributed by atoms with van der Waals surface area (Å²) in [7, 11) is 0. The summed E-state index contributed by atoms with van der Waals surface area (Å²) in [5, 5.41) is 0. The SMILES string of the molecule is CC1=CC2C(CS)CC(C)C2C=C1. The van der Waals surface area contributed by atoms with Gasteiger partial charge in [-0.3, -0.25) is 0 Å². The second kappa shape index (κ2) is 3.53. The van der Waals surface area contributed by atoms with Crippen LogP contribution in [0.2, 0.25) is 0 Å². The van der Waals surface area contributed by atoms with Gasteiger partial charge in [0.1, 0.15) is 0 Å². The average Bonchev–Trinajstić information content (AvgIpc) is 2.42. The molecule has 0 bridgehead atoms. The lowest BCUT2D eigenvalue weighted by molar-refractivity contribution is 0.428. The van der Waals surface area contributed by atoms with E-state index in [2.05, 4.69) is 44.7 Å². The fourth-order valence-corrected chi connectivity index (χ4v) is 3.26. The Kier molecular flexibility index (Phi) is 2.55. The molecule has 0 nitrogen and oxygen atoms in total. The lowest BCUT2D eigenvalue weighted by Crippen LogP contribution is -2.16. The topological polar surface area (TPSA) is 0 Å². The molecule has 1 heteroatoms. The molecule has 1 fully saturated rings. The first-order chi connectivity index (χ1) is 6.22. The van der Waals surface area contributed by atoms with Gasteiger partial charge in [-0.15, -0.1) is 0 Å². The second-order valence-corrected chi connectivity index (χ2v) is 4.95. The Hall–Kier alpha value is -0.170. The van der Waals surface area contributed by atoms with Gasteiger partial charge in [0.15, 0.2) is 0 Å². The Bertz CT molecular complexity index is 252. The number of thiol groups is 1. The third-order valence-corrected chi connectivity index (χ3v) is 4.06. The zero-order chi connectivity index (χ0) is 9.42. The second-order valence-electron chi connectivity index (χ2n) is 4.58. The lowest BCUT2D eigenvalue weighted by atomic mass is 9.83. The lowest BCUT2D eigenvalue weighted by Gasteiger charge is -2.23. The smallest absolute Gasteiger partial charge is 0.00636 e. The molecule has 0 aromatic carbocycles. The van der Waals surface area contributed by atoms with Crippen LogP contribution in [-0.2, 0) is 0 Å². The highest BCUT2D eigenvalue weighted by atomic mass is 32.1. The molecule has 2 aliphatic rings. The van der Waals surface area contributed by atoms with E-state index in [0.717, 1.165) is 29.4 Å². The normalized spacial score (nSPS) is 43.2. The number of hydrogen-bond acceptors (Lipinski definition) is 1. The van der Waals surface area contributed by atoms with Crippen LogP contribution in [0.1, 0.15) is 20.3 Å². The Morgan fingerprint density at radius 3 is 2.92 bits per heavy atom.